The van der Waals surface area contributed by atoms with E-state index in [1.54, 1.807) is 7.11 Å². The third kappa shape index (κ3) is 4.83. The molecule has 140 valence electrons. The molecule has 0 amide bonds. The summed E-state index contributed by atoms with van der Waals surface area (Å²) in [5, 5.41) is 10.6. The highest BCUT2D eigenvalue weighted by Crippen LogP contribution is 2.31. The molecule has 0 unspecified atom stereocenters. The maximum Gasteiger partial charge on any atom is 0.334 e. The highest BCUT2D eigenvalue weighted by atomic mass is 16.5. The van der Waals surface area contributed by atoms with Crippen LogP contribution in [0, 0.1) is 0 Å². The summed E-state index contributed by atoms with van der Waals surface area (Å²) >= 11 is 0. The largest absolute Gasteiger partial charge is 0.450 e. The lowest BCUT2D eigenvalue weighted by Gasteiger charge is -2.33. The van der Waals surface area contributed by atoms with Crippen molar-refractivity contribution in [2.75, 3.05) is 7.11 Å². The van der Waals surface area contributed by atoms with Crippen LogP contribution in [0.3, 0.4) is 0 Å². The number of methoxy groups -OCH3 is 1. The molecule has 0 saturated heterocycles. The van der Waals surface area contributed by atoms with Crippen LogP contribution in [0.2, 0.25) is 0 Å². The van der Waals surface area contributed by atoms with E-state index in [2.05, 4.69) is 13.0 Å². The number of hydrogen-bond acceptors (Lipinski definition) is 4. The van der Waals surface area contributed by atoms with Crippen molar-refractivity contribution in [2.45, 2.75) is 84.0 Å². The summed E-state index contributed by atoms with van der Waals surface area (Å²) < 4.78 is 11.2. The molecular formula is C21H32O4. The second-order valence-electron chi connectivity index (χ2n) is 7.65. The SMILES string of the molecule is CO[C@]1(C)CC/C=C(\C)CCC2=C(C)C(=O)O[C@H]2/C=C(\C)CC[C@@H]1O. The standard InChI is InChI=1S/C21H32O4/c1-14-7-6-12-21(4,24-5)19(22)11-9-15(2)13-18-17(10-8-14)16(3)20(23)25-18/h7,13,18-19,22H,6,8-12H2,1-5H3/b14-7+,15-13+/t18-,19-,21+/m0/s1. The number of fused-ring (bicyclic) bond motifs is 1. The first-order valence-electron chi connectivity index (χ1n) is 9.23. The normalized spacial score (nSPS) is 36.6. The van der Waals surface area contributed by atoms with E-state index in [1.165, 1.54) is 5.57 Å². The van der Waals surface area contributed by atoms with Gasteiger partial charge in [0.2, 0.25) is 0 Å². The highest BCUT2D eigenvalue weighted by Gasteiger charge is 2.33. The summed E-state index contributed by atoms with van der Waals surface area (Å²) in [5.74, 6) is -0.206. The first-order valence-corrected chi connectivity index (χ1v) is 9.23. The van der Waals surface area contributed by atoms with Crippen molar-refractivity contribution in [1.29, 1.82) is 0 Å². The number of aliphatic hydroxyl groups is 1. The van der Waals surface area contributed by atoms with Gasteiger partial charge < -0.3 is 14.6 Å². The van der Waals surface area contributed by atoms with Crippen molar-refractivity contribution >= 4 is 5.97 Å². The third-order valence-electron chi connectivity index (χ3n) is 5.71. The van der Waals surface area contributed by atoms with Gasteiger partial charge in [-0.3, -0.25) is 0 Å². The fourth-order valence-electron chi connectivity index (χ4n) is 3.54. The molecule has 1 aliphatic carbocycles. The molecule has 1 N–H and O–H groups in total. The van der Waals surface area contributed by atoms with Gasteiger partial charge in [-0.15, -0.1) is 0 Å². The molecule has 2 aliphatic rings. The summed E-state index contributed by atoms with van der Waals surface area (Å²) in [5.41, 5.74) is 3.73. The Morgan fingerprint density at radius 3 is 2.60 bits per heavy atom. The molecule has 0 aromatic rings. The van der Waals surface area contributed by atoms with Crippen LogP contribution in [0.4, 0.5) is 0 Å². The Labute approximate surface area is 151 Å². The predicted molar refractivity (Wildman–Crippen MR) is 99.2 cm³/mol. The Morgan fingerprint density at radius 1 is 1.20 bits per heavy atom. The van der Waals surface area contributed by atoms with E-state index in [1.807, 2.05) is 26.8 Å². The van der Waals surface area contributed by atoms with E-state index in [0.29, 0.717) is 6.42 Å². The fourth-order valence-corrected chi connectivity index (χ4v) is 3.54. The van der Waals surface area contributed by atoms with Crippen LogP contribution in [0.15, 0.2) is 34.4 Å². The monoisotopic (exact) mass is 348 g/mol. The molecule has 0 aromatic heterocycles. The van der Waals surface area contributed by atoms with Crippen molar-refractivity contribution in [3.63, 3.8) is 0 Å². The van der Waals surface area contributed by atoms with Crippen molar-refractivity contribution in [1.82, 2.24) is 0 Å². The minimum absolute atomic E-state index is 0.206. The summed E-state index contributed by atoms with van der Waals surface area (Å²) in [6.07, 6.45) is 8.29. The molecule has 3 atom stereocenters. The quantitative estimate of drug-likeness (QED) is 0.569. The van der Waals surface area contributed by atoms with Crippen LogP contribution < -0.4 is 0 Å². The van der Waals surface area contributed by atoms with Crippen LogP contribution in [0.25, 0.3) is 0 Å². The highest BCUT2D eigenvalue weighted by molar-refractivity contribution is 5.92. The zero-order valence-electron chi connectivity index (χ0n) is 16.2. The van der Waals surface area contributed by atoms with Crippen LogP contribution in [0.1, 0.15) is 66.2 Å². The van der Waals surface area contributed by atoms with Crippen LogP contribution in [-0.4, -0.2) is 36.0 Å². The smallest absolute Gasteiger partial charge is 0.334 e. The minimum Gasteiger partial charge on any atom is -0.450 e. The summed E-state index contributed by atoms with van der Waals surface area (Å²) in [6, 6.07) is 0. The molecule has 1 aliphatic heterocycles. The van der Waals surface area contributed by atoms with Crippen LogP contribution >= 0.6 is 0 Å². The lowest BCUT2D eigenvalue weighted by Crippen LogP contribution is -2.41. The number of allylic oxidation sites excluding steroid dienone is 3. The van der Waals surface area contributed by atoms with Crippen molar-refractivity contribution < 1.29 is 19.4 Å². The first-order chi connectivity index (χ1) is 11.8. The Morgan fingerprint density at radius 2 is 1.92 bits per heavy atom. The molecule has 0 bridgehead atoms. The van der Waals surface area contributed by atoms with Gasteiger partial charge in [0, 0.05) is 12.7 Å². The van der Waals surface area contributed by atoms with Crippen molar-refractivity contribution in [3.8, 4) is 0 Å². The van der Waals surface area contributed by atoms with E-state index in [-0.39, 0.29) is 12.1 Å². The number of hydrogen-bond donors (Lipinski definition) is 1. The molecule has 1 heterocycles. The third-order valence-corrected chi connectivity index (χ3v) is 5.71. The van der Waals surface area contributed by atoms with Gasteiger partial charge in [-0.1, -0.05) is 17.2 Å². The summed E-state index contributed by atoms with van der Waals surface area (Å²) in [6.45, 7) is 7.99. The molecule has 4 nitrogen and oxygen atoms in total. The molecule has 0 saturated carbocycles. The number of ether oxygens (including phenoxy) is 2. The predicted octanol–water partition coefficient (Wildman–Crippen LogP) is 4.24. The second kappa shape index (κ2) is 8.33. The lowest BCUT2D eigenvalue weighted by atomic mass is 9.87. The van der Waals surface area contributed by atoms with Gasteiger partial charge in [0.15, 0.2) is 0 Å². The Balaban J connectivity index is 2.27. The molecule has 0 aromatic carbocycles. The van der Waals surface area contributed by atoms with Gasteiger partial charge in [-0.2, -0.15) is 0 Å². The van der Waals surface area contributed by atoms with Gasteiger partial charge in [0.1, 0.15) is 6.10 Å². The van der Waals surface area contributed by atoms with E-state index in [0.717, 1.165) is 48.8 Å². The van der Waals surface area contributed by atoms with E-state index in [9.17, 15) is 9.90 Å². The molecule has 0 fully saturated rings. The van der Waals surface area contributed by atoms with Crippen LogP contribution in [-0.2, 0) is 14.3 Å². The first kappa shape index (κ1) is 19.9. The van der Waals surface area contributed by atoms with Gasteiger partial charge in [0.25, 0.3) is 0 Å². The average molecular weight is 348 g/mol. The molecule has 0 radical (unpaired) electrons. The molecule has 4 heteroatoms. The van der Waals surface area contributed by atoms with Gasteiger partial charge in [0.05, 0.1) is 11.7 Å². The number of carbonyl (C=O) groups excluding carboxylic acids is 1. The maximum absolute atomic E-state index is 12.0. The minimum atomic E-state index is -0.539. The molecule has 0 spiro atoms. The van der Waals surface area contributed by atoms with Gasteiger partial charge >= 0.3 is 5.97 Å². The number of esters is 1. The van der Waals surface area contributed by atoms with E-state index >= 15 is 0 Å². The lowest BCUT2D eigenvalue weighted by molar-refractivity contribution is -0.138. The zero-order chi connectivity index (χ0) is 18.6. The van der Waals surface area contributed by atoms with Gasteiger partial charge in [-0.05, 0) is 77.9 Å². The average Bonchev–Trinajstić information content (AvgIpc) is 2.83. The fraction of sp³-hybridized carbons (Fsp3) is 0.667. The molecular weight excluding hydrogens is 316 g/mol. The van der Waals surface area contributed by atoms with E-state index in [4.69, 9.17) is 9.47 Å². The van der Waals surface area contributed by atoms with Crippen LogP contribution in [0.5, 0.6) is 0 Å². The number of rotatable bonds is 1. The van der Waals surface area contributed by atoms with Crippen molar-refractivity contribution in [2.24, 2.45) is 0 Å². The topological polar surface area (TPSA) is 55.8 Å². The summed E-state index contributed by atoms with van der Waals surface area (Å²) in [4.78, 5) is 12.0. The zero-order valence-corrected chi connectivity index (χ0v) is 16.2. The number of carbonyl (C=O) groups is 1. The van der Waals surface area contributed by atoms with E-state index < -0.39 is 11.7 Å². The Bertz CT molecular complexity index is 599. The second-order valence-corrected chi connectivity index (χ2v) is 7.65. The summed E-state index contributed by atoms with van der Waals surface area (Å²) in [7, 11) is 1.67. The van der Waals surface area contributed by atoms with Crippen molar-refractivity contribution in [3.05, 3.63) is 34.4 Å². The van der Waals surface area contributed by atoms with Gasteiger partial charge in [-0.25, -0.2) is 4.79 Å². The Kier molecular flexibility index (Phi) is 6.64. The molecule has 2 rings (SSSR count). The number of aliphatic hydroxyl groups excluding tert-OH is 1. The maximum atomic E-state index is 12.0. The Hall–Kier alpha value is -1.39. The molecule has 25 heavy (non-hydrogen) atoms.